The van der Waals surface area contributed by atoms with Crippen molar-refractivity contribution in [3.05, 3.63) is 35.7 Å². The number of hydrogen-bond donors (Lipinski definition) is 3. The molecule has 0 aromatic carbocycles. The number of carboxylic acids is 1. The number of carbonyl (C=O) groups is 1. The molecule has 0 bridgehead atoms. The van der Waals surface area contributed by atoms with Crippen molar-refractivity contribution in [3.8, 4) is 0 Å². The highest BCUT2D eigenvalue weighted by Gasteiger charge is 2.31. The summed E-state index contributed by atoms with van der Waals surface area (Å²) in [5.74, 6) is -1.01. The predicted octanol–water partition coefficient (Wildman–Crippen LogP) is -0.0447. The molecule has 0 aromatic rings. The third-order valence-electron chi connectivity index (χ3n) is 2.29. The maximum atomic E-state index is 10.8. The van der Waals surface area contributed by atoms with Gasteiger partial charge in [-0.05, 0) is 6.08 Å². The standard InChI is InChI=1S/C9H10N2O2/c10-5-1-2-8-6(3-5)7(4-11-8)9(12)13/h1-4,6,8,11H,10H2,(H,12,13). The minimum atomic E-state index is -0.889. The summed E-state index contributed by atoms with van der Waals surface area (Å²) in [4.78, 5) is 10.8. The minimum absolute atomic E-state index is 0.0541. The van der Waals surface area contributed by atoms with Crippen molar-refractivity contribution in [2.45, 2.75) is 6.04 Å². The molecule has 0 fully saturated rings. The molecule has 0 saturated heterocycles. The second-order valence-corrected chi connectivity index (χ2v) is 3.15. The Morgan fingerprint density at radius 3 is 3.08 bits per heavy atom. The number of nitrogens with two attached hydrogens (primary N) is 1. The van der Waals surface area contributed by atoms with Crippen molar-refractivity contribution >= 4 is 5.97 Å². The zero-order valence-corrected chi connectivity index (χ0v) is 6.90. The molecule has 1 heterocycles. The maximum absolute atomic E-state index is 10.8. The van der Waals surface area contributed by atoms with Gasteiger partial charge in [0.05, 0.1) is 11.6 Å². The number of nitrogens with one attached hydrogen (secondary N) is 1. The maximum Gasteiger partial charge on any atom is 0.333 e. The van der Waals surface area contributed by atoms with Gasteiger partial charge in [0.1, 0.15) is 0 Å². The molecule has 1 aliphatic carbocycles. The molecule has 2 aliphatic rings. The van der Waals surface area contributed by atoms with Crippen LogP contribution in [0.2, 0.25) is 0 Å². The van der Waals surface area contributed by atoms with E-state index in [1.54, 1.807) is 12.2 Å². The molecule has 4 nitrogen and oxygen atoms in total. The molecular weight excluding hydrogens is 168 g/mol. The summed E-state index contributed by atoms with van der Waals surface area (Å²) in [6.45, 7) is 0. The number of fused-ring (bicyclic) bond motifs is 1. The van der Waals surface area contributed by atoms with Gasteiger partial charge in [-0.15, -0.1) is 0 Å². The van der Waals surface area contributed by atoms with Crippen LogP contribution in [0.4, 0.5) is 0 Å². The molecular formula is C9H10N2O2. The lowest BCUT2D eigenvalue weighted by Gasteiger charge is -2.18. The van der Waals surface area contributed by atoms with E-state index in [1.807, 2.05) is 6.08 Å². The zero-order valence-electron chi connectivity index (χ0n) is 6.90. The molecule has 2 rings (SSSR count). The molecule has 0 amide bonds. The number of carboxylic acid groups (broad SMARTS) is 1. The smallest absolute Gasteiger partial charge is 0.333 e. The number of rotatable bonds is 1. The van der Waals surface area contributed by atoms with Crippen LogP contribution in [0.3, 0.4) is 0 Å². The molecule has 13 heavy (non-hydrogen) atoms. The van der Waals surface area contributed by atoms with E-state index < -0.39 is 5.97 Å². The van der Waals surface area contributed by atoms with Gasteiger partial charge in [-0.25, -0.2) is 4.79 Å². The molecule has 2 atom stereocenters. The molecule has 0 aromatic heterocycles. The average molecular weight is 178 g/mol. The Morgan fingerprint density at radius 1 is 1.62 bits per heavy atom. The van der Waals surface area contributed by atoms with Crippen LogP contribution in [0.15, 0.2) is 35.7 Å². The summed E-state index contributed by atoms with van der Waals surface area (Å²) in [5.41, 5.74) is 6.57. The summed E-state index contributed by atoms with van der Waals surface area (Å²) in [6.07, 6.45) is 6.97. The van der Waals surface area contributed by atoms with Crippen molar-refractivity contribution in [3.63, 3.8) is 0 Å². The van der Waals surface area contributed by atoms with Crippen LogP contribution in [-0.4, -0.2) is 17.1 Å². The molecule has 0 radical (unpaired) electrons. The van der Waals surface area contributed by atoms with E-state index in [0.29, 0.717) is 11.3 Å². The third-order valence-corrected chi connectivity index (χ3v) is 2.29. The van der Waals surface area contributed by atoms with Gasteiger partial charge in [-0.1, -0.05) is 12.2 Å². The van der Waals surface area contributed by atoms with E-state index in [-0.39, 0.29) is 12.0 Å². The van der Waals surface area contributed by atoms with E-state index in [4.69, 9.17) is 10.8 Å². The summed E-state index contributed by atoms with van der Waals surface area (Å²) in [5, 5.41) is 11.8. The summed E-state index contributed by atoms with van der Waals surface area (Å²) in [6, 6.07) is 0.0541. The lowest BCUT2D eigenvalue weighted by Crippen LogP contribution is -2.28. The van der Waals surface area contributed by atoms with Gasteiger partial charge in [0, 0.05) is 17.8 Å². The lowest BCUT2D eigenvalue weighted by molar-refractivity contribution is -0.133. The molecule has 4 N–H and O–H groups in total. The van der Waals surface area contributed by atoms with Crippen LogP contribution in [0.1, 0.15) is 0 Å². The Bertz CT molecular complexity index is 342. The average Bonchev–Trinajstić information content (AvgIpc) is 2.46. The Hall–Kier alpha value is -1.71. The van der Waals surface area contributed by atoms with Crippen LogP contribution in [0.25, 0.3) is 0 Å². The highest BCUT2D eigenvalue weighted by molar-refractivity contribution is 5.88. The Balaban J connectivity index is 2.29. The van der Waals surface area contributed by atoms with Gasteiger partial charge in [0.2, 0.25) is 0 Å². The Morgan fingerprint density at radius 2 is 2.38 bits per heavy atom. The lowest BCUT2D eigenvalue weighted by atomic mass is 9.90. The van der Waals surface area contributed by atoms with Crippen LogP contribution in [0.5, 0.6) is 0 Å². The van der Waals surface area contributed by atoms with Crippen molar-refractivity contribution in [2.24, 2.45) is 11.7 Å². The van der Waals surface area contributed by atoms with Crippen LogP contribution in [-0.2, 0) is 4.79 Å². The van der Waals surface area contributed by atoms with Crippen molar-refractivity contribution < 1.29 is 9.90 Å². The highest BCUT2D eigenvalue weighted by Crippen LogP contribution is 2.27. The van der Waals surface area contributed by atoms with Crippen LogP contribution < -0.4 is 11.1 Å². The minimum Gasteiger partial charge on any atom is -0.478 e. The van der Waals surface area contributed by atoms with Crippen molar-refractivity contribution in [1.29, 1.82) is 0 Å². The fourth-order valence-electron chi connectivity index (χ4n) is 1.63. The molecule has 0 spiro atoms. The van der Waals surface area contributed by atoms with E-state index in [1.165, 1.54) is 6.20 Å². The fraction of sp³-hybridized carbons (Fsp3) is 0.222. The predicted molar refractivity (Wildman–Crippen MR) is 47.5 cm³/mol. The van der Waals surface area contributed by atoms with Gasteiger partial charge in [0.15, 0.2) is 0 Å². The summed E-state index contributed by atoms with van der Waals surface area (Å²) >= 11 is 0. The van der Waals surface area contributed by atoms with Crippen molar-refractivity contribution in [1.82, 2.24) is 5.32 Å². The number of aliphatic carboxylic acids is 1. The Labute approximate surface area is 75.4 Å². The Kier molecular flexibility index (Phi) is 1.62. The molecule has 1 aliphatic heterocycles. The van der Waals surface area contributed by atoms with Gasteiger partial charge in [0.25, 0.3) is 0 Å². The topological polar surface area (TPSA) is 75.4 Å². The van der Waals surface area contributed by atoms with E-state index in [2.05, 4.69) is 5.32 Å². The largest absolute Gasteiger partial charge is 0.478 e. The normalized spacial score (nSPS) is 30.2. The van der Waals surface area contributed by atoms with Gasteiger partial charge in [-0.2, -0.15) is 0 Å². The molecule has 2 unspecified atom stereocenters. The van der Waals surface area contributed by atoms with E-state index in [0.717, 1.165) is 0 Å². The van der Waals surface area contributed by atoms with Crippen LogP contribution in [0, 0.1) is 5.92 Å². The van der Waals surface area contributed by atoms with Crippen LogP contribution >= 0.6 is 0 Å². The zero-order chi connectivity index (χ0) is 9.42. The van der Waals surface area contributed by atoms with Gasteiger partial charge < -0.3 is 16.2 Å². The third kappa shape index (κ3) is 1.20. The number of hydrogen-bond acceptors (Lipinski definition) is 3. The van der Waals surface area contributed by atoms with E-state index in [9.17, 15) is 4.79 Å². The van der Waals surface area contributed by atoms with E-state index >= 15 is 0 Å². The number of allylic oxidation sites excluding steroid dienone is 1. The monoisotopic (exact) mass is 178 g/mol. The second kappa shape index (κ2) is 2.65. The first-order valence-electron chi connectivity index (χ1n) is 4.03. The second-order valence-electron chi connectivity index (χ2n) is 3.15. The first-order valence-corrected chi connectivity index (χ1v) is 4.03. The van der Waals surface area contributed by atoms with Gasteiger partial charge in [-0.3, -0.25) is 0 Å². The quantitative estimate of drug-likeness (QED) is 0.526. The first-order chi connectivity index (χ1) is 6.18. The first kappa shape index (κ1) is 7.91. The summed E-state index contributed by atoms with van der Waals surface area (Å²) in [7, 11) is 0. The molecule has 4 heteroatoms. The molecule has 0 saturated carbocycles. The fourth-order valence-corrected chi connectivity index (χ4v) is 1.63. The summed E-state index contributed by atoms with van der Waals surface area (Å²) < 4.78 is 0. The SMILES string of the molecule is NC1=CC2C(C(=O)O)=CNC2C=C1. The van der Waals surface area contributed by atoms with Crippen molar-refractivity contribution in [2.75, 3.05) is 0 Å². The highest BCUT2D eigenvalue weighted by atomic mass is 16.4. The molecule has 68 valence electrons. The van der Waals surface area contributed by atoms with Gasteiger partial charge >= 0.3 is 5.97 Å².